The molecule has 128 valence electrons. The number of amidine groups is 1. The van der Waals surface area contributed by atoms with Gasteiger partial charge in [0, 0.05) is 18.1 Å². The summed E-state index contributed by atoms with van der Waals surface area (Å²) in [6.45, 7) is 0. The quantitative estimate of drug-likeness (QED) is 0.776. The van der Waals surface area contributed by atoms with Gasteiger partial charge in [0.25, 0.3) is 0 Å². The van der Waals surface area contributed by atoms with Crippen molar-refractivity contribution in [2.24, 2.45) is 10.7 Å². The van der Waals surface area contributed by atoms with Crippen LogP contribution in [0.1, 0.15) is 23.2 Å². The van der Waals surface area contributed by atoms with E-state index >= 15 is 0 Å². The van der Waals surface area contributed by atoms with Crippen molar-refractivity contribution >= 4 is 28.9 Å². The Kier molecular flexibility index (Phi) is 5.30. The lowest BCUT2D eigenvalue weighted by atomic mass is 10.1. The van der Waals surface area contributed by atoms with Crippen LogP contribution in [0.3, 0.4) is 0 Å². The summed E-state index contributed by atoms with van der Waals surface area (Å²) in [6, 6.07) is 11.2. The van der Waals surface area contributed by atoms with E-state index in [1.807, 2.05) is 18.2 Å². The van der Waals surface area contributed by atoms with Crippen molar-refractivity contribution in [2.45, 2.75) is 12.1 Å². The maximum absolute atomic E-state index is 12.2. The van der Waals surface area contributed by atoms with Crippen molar-refractivity contribution in [2.75, 3.05) is 5.75 Å². The van der Waals surface area contributed by atoms with Gasteiger partial charge < -0.3 is 11.1 Å². The first-order chi connectivity index (χ1) is 12.1. The molecule has 1 unspecified atom stereocenters. The first-order valence-electron chi connectivity index (χ1n) is 7.66. The number of carbonyl (C=O) groups excluding carboxylic acids is 2. The number of aliphatic imine (C=N–C) groups is 1. The number of amides is 3. The molecule has 2 heterocycles. The number of thioether (sulfide) groups is 1. The van der Waals surface area contributed by atoms with Gasteiger partial charge in [-0.15, -0.1) is 0 Å². The number of rotatable bonds is 4. The number of nitrogens with two attached hydrogens (primary N) is 1. The van der Waals surface area contributed by atoms with Gasteiger partial charge in [-0.1, -0.05) is 42.1 Å². The van der Waals surface area contributed by atoms with E-state index in [9.17, 15) is 9.59 Å². The summed E-state index contributed by atoms with van der Waals surface area (Å²) < 4.78 is 0. The largest absolute Gasteiger partial charge is 0.368 e. The van der Waals surface area contributed by atoms with Gasteiger partial charge in [-0.3, -0.25) is 20.1 Å². The highest BCUT2D eigenvalue weighted by atomic mass is 32.2. The molecule has 0 saturated carbocycles. The molecule has 3 amide bonds. The Labute approximate surface area is 149 Å². The van der Waals surface area contributed by atoms with Crippen molar-refractivity contribution in [1.82, 2.24) is 15.6 Å². The van der Waals surface area contributed by atoms with Crippen LogP contribution < -0.4 is 16.4 Å². The normalized spacial score (nSPS) is 17.4. The Bertz CT molecular complexity index is 782. The highest BCUT2D eigenvalue weighted by Crippen LogP contribution is 2.29. The summed E-state index contributed by atoms with van der Waals surface area (Å²) >= 11 is 1.45. The molecule has 3 rings (SSSR count). The average Bonchev–Trinajstić information content (AvgIpc) is 3.09. The predicted octanol–water partition coefficient (Wildman–Crippen LogP) is 1.75. The van der Waals surface area contributed by atoms with Gasteiger partial charge in [-0.25, -0.2) is 4.79 Å². The molecule has 0 radical (unpaired) electrons. The van der Waals surface area contributed by atoms with E-state index in [0.717, 1.165) is 11.3 Å². The maximum Gasteiger partial charge on any atom is 0.321 e. The fourth-order valence-electron chi connectivity index (χ4n) is 2.43. The Morgan fingerprint density at radius 3 is 2.56 bits per heavy atom. The summed E-state index contributed by atoms with van der Waals surface area (Å²) in [4.78, 5) is 32.3. The van der Waals surface area contributed by atoms with Gasteiger partial charge in [-0.05, 0) is 23.3 Å². The number of aromatic nitrogens is 1. The molecule has 2 aromatic rings. The second kappa shape index (κ2) is 7.80. The molecule has 0 fully saturated rings. The van der Waals surface area contributed by atoms with E-state index in [1.54, 1.807) is 36.7 Å². The molecule has 0 bridgehead atoms. The van der Waals surface area contributed by atoms with Crippen LogP contribution in [0, 0.1) is 0 Å². The molecule has 1 aromatic heterocycles. The highest BCUT2D eigenvalue weighted by molar-refractivity contribution is 8.14. The van der Waals surface area contributed by atoms with Gasteiger partial charge >= 0.3 is 6.03 Å². The molecule has 8 heteroatoms. The first kappa shape index (κ1) is 17.0. The molecule has 1 aliphatic rings. The Hall–Kier alpha value is -2.87. The first-order valence-corrected chi connectivity index (χ1v) is 8.64. The minimum Gasteiger partial charge on any atom is -0.368 e. The number of nitrogens with one attached hydrogen (secondary N) is 2. The maximum atomic E-state index is 12.2. The summed E-state index contributed by atoms with van der Waals surface area (Å²) in [5, 5.41) is 5.77. The van der Waals surface area contributed by atoms with Gasteiger partial charge in [0.2, 0.25) is 5.91 Å². The molecule has 4 N–H and O–H groups in total. The molecule has 0 saturated heterocycles. The highest BCUT2D eigenvalue weighted by Gasteiger charge is 2.24. The third-order valence-electron chi connectivity index (χ3n) is 3.66. The van der Waals surface area contributed by atoms with E-state index in [0.29, 0.717) is 10.7 Å². The second-order valence-corrected chi connectivity index (χ2v) is 6.39. The number of carbonyl (C=O) groups is 2. The number of benzene rings is 1. The fourth-order valence-corrected chi connectivity index (χ4v) is 3.38. The number of nitrogens with zero attached hydrogens (tertiary/aromatic N) is 2. The lowest BCUT2D eigenvalue weighted by molar-refractivity contribution is -0.119. The lowest BCUT2D eigenvalue weighted by Gasteiger charge is -2.16. The molecule has 1 aromatic carbocycles. The van der Waals surface area contributed by atoms with E-state index in [1.165, 1.54) is 11.8 Å². The van der Waals surface area contributed by atoms with Crippen molar-refractivity contribution in [3.05, 3.63) is 66.0 Å². The van der Waals surface area contributed by atoms with Crippen LogP contribution in [-0.2, 0) is 4.79 Å². The molecule has 1 aliphatic heterocycles. The number of urea groups is 1. The summed E-state index contributed by atoms with van der Waals surface area (Å²) in [7, 11) is 0. The van der Waals surface area contributed by atoms with Crippen LogP contribution in [0.2, 0.25) is 0 Å². The molecular formula is C17H17N5O2S. The van der Waals surface area contributed by atoms with Gasteiger partial charge in [0.1, 0.15) is 6.04 Å². The molecule has 25 heavy (non-hydrogen) atoms. The summed E-state index contributed by atoms with van der Waals surface area (Å²) in [6.07, 6.45) is 3.43. The van der Waals surface area contributed by atoms with E-state index < -0.39 is 18.0 Å². The number of hydrogen-bond acceptors (Lipinski definition) is 5. The second-order valence-electron chi connectivity index (χ2n) is 5.39. The van der Waals surface area contributed by atoms with E-state index in [-0.39, 0.29) is 6.04 Å². The zero-order valence-electron chi connectivity index (χ0n) is 13.3. The number of pyridine rings is 1. The van der Waals surface area contributed by atoms with Crippen molar-refractivity contribution in [3.8, 4) is 0 Å². The Morgan fingerprint density at radius 1 is 1.16 bits per heavy atom. The Morgan fingerprint density at radius 2 is 1.88 bits per heavy atom. The van der Waals surface area contributed by atoms with E-state index in [4.69, 9.17) is 5.73 Å². The zero-order chi connectivity index (χ0) is 17.6. The van der Waals surface area contributed by atoms with Crippen molar-refractivity contribution < 1.29 is 9.59 Å². The predicted molar refractivity (Wildman–Crippen MR) is 96.9 cm³/mol. The summed E-state index contributed by atoms with van der Waals surface area (Å²) in [5.74, 6) is 0.106. The van der Waals surface area contributed by atoms with Gasteiger partial charge in [-0.2, -0.15) is 0 Å². The molecule has 7 nitrogen and oxygen atoms in total. The van der Waals surface area contributed by atoms with Crippen molar-refractivity contribution in [3.63, 3.8) is 0 Å². The van der Waals surface area contributed by atoms with Gasteiger partial charge in [0.15, 0.2) is 5.17 Å². The third-order valence-corrected chi connectivity index (χ3v) is 4.62. The van der Waals surface area contributed by atoms with Crippen LogP contribution in [-0.4, -0.2) is 27.8 Å². The third kappa shape index (κ3) is 4.36. The van der Waals surface area contributed by atoms with Crippen LogP contribution in [0.5, 0.6) is 0 Å². The van der Waals surface area contributed by atoms with Crippen LogP contribution in [0.25, 0.3) is 0 Å². The molecule has 2 atom stereocenters. The molecule has 0 aliphatic carbocycles. The zero-order valence-corrected chi connectivity index (χ0v) is 14.1. The topological polar surface area (TPSA) is 109 Å². The average molecular weight is 355 g/mol. The lowest BCUT2D eigenvalue weighted by Crippen LogP contribution is -2.44. The van der Waals surface area contributed by atoms with Gasteiger partial charge in [0.05, 0.1) is 6.04 Å². The Balaban J connectivity index is 1.63. The van der Waals surface area contributed by atoms with Crippen molar-refractivity contribution in [1.29, 1.82) is 0 Å². The van der Waals surface area contributed by atoms with E-state index in [2.05, 4.69) is 20.6 Å². The SMILES string of the molecule is NC(=O)[C@H](NC(=O)NC1=NC(c2ccncc2)CS1)c1ccccc1. The summed E-state index contributed by atoms with van der Waals surface area (Å²) in [5.41, 5.74) is 7.07. The van der Waals surface area contributed by atoms with Crippen LogP contribution in [0.4, 0.5) is 4.79 Å². The number of hydrogen-bond donors (Lipinski definition) is 3. The fraction of sp³-hybridized carbons (Fsp3) is 0.176. The number of primary amides is 1. The van der Waals surface area contributed by atoms with Crippen LogP contribution >= 0.6 is 11.8 Å². The smallest absolute Gasteiger partial charge is 0.321 e. The molecular weight excluding hydrogens is 338 g/mol. The minimum atomic E-state index is -0.899. The monoisotopic (exact) mass is 355 g/mol. The standard InChI is InChI=1S/C17H17N5O2S/c18-15(23)14(12-4-2-1-3-5-12)21-16(24)22-17-20-13(10-25-17)11-6-8-19-9-7-11/h1-9,13-14H,10H2,(H2,18,23)(H2,20,21,22,24)/t13?,14-/m1/s1. The minimum absolute atomic E-state index is 0.0237. The van der Waals surface area contributed by atoms with Crippen LogP contribution in [0.15, 0.2) is 59.9 Å². The molecule has 0 spiro atoms.